The van der Waals surface area contributed by atoms with Gasteiger partial charge in [-0.25, -0.2) is 9.59 Å². The van der Waals surface area contributed by atoms with Gasteiger partial charge in [0.05, 0.1) is 11.1 Å². The average molecular weight is 434 g/mol. The number of hydrogen-bond donors (Lipinski definition) is 0. The van der Waals surface area contributed by atoms with Crippen LogP contribution in [0, 0.1) is 0 Å². The van der Waals surface area contributed by atoms with E-state index >= 15 is 0 Å². The van der Waals surface area contributed by atoms with Crippen molar-refractivity contribution in [3.63, 3.8) is 0 Å². The summed E-state index contributed by atoms with van der Waals surface area (Å²) in [6.45, 7) is -0.153. The second-order valence-electron chi connectivity index (χ2n) is 7.30. The van der Waals surface area contributed by atoms with E-state index in [9.17, 15) is 14.4 Å². The Bertz CT molecular complexity index is 1200. The number of esters is 2. The van der Waals surface area contributed by atoms with Gasteiger partial charge in [0.2, 0.25) is 0 Å². The van der Waals surface area contributed by atoms with Crippen molar-refractivity contribution >= 4 is 11.9 Å². The maximum atomic E-state index is 12.7. The van der Waals surface area contributed by atoms with Crippen LogP contribution in [0.25, 0.3) is 0 Å². The Balaban J connectivity index is 1.37. The summed E-state index contributed by atoms with van der Waals surface area (Å²) >= 11 is 0. The molecular weight excluding hydrogens is 416 g/mol. The summed E-state index contributed by atoms with van der Waals surface area (Å²) in [5, 5.41) is 0. The highest BCUT2D eigenvalue weighted by Gasteiger charge is 2.54. The smallest absolute Gasteiger partial charge is 0.338 e. The normalized spacial score (nSPS) is 23.0. The van der Waals surface area contributed by atoms with Crippen molar-refractivity contribution in [2.45, 2.75) is 24.5 Å². The molecule has 0 N–H and O–H groups in total. The zero-order valence-corrected chi connectivity index (χ0v) is 16.7. The van der Waals surface area contributed by atoms with E-state index in [2.05, 4.69) is 4.98 Å². The van der Waals surface area contributed by atoms with Crippen LogP contribution < -0.4 is 10.3 Å². The predicted molar refractivity (Wildman–Crippen MR) is 109 cm³/mol. The van der Waals surface area contributed by atoms with Gasteiger partial charge < -0.3 is 18.9 Å². The van der Waals surface area contributed by atoms with E-state index in [1.165, 1.54) is 12.3 Å². The molecule has 0 amide bonds. The van der Waals surface area contributed by atoms with Crippen LogP contribution in [-0.2, 0) is 14.2 Å². The van der Waals surface area contributed by atoms with Gasteiger partial charge in [0.25, 0.3) is 5.56 Å². The lowest BCUT2D eigenvalue weighted by molar-refractivity contribution is -0.0574. The molecule has 9 heteroatoms. The molecule has 0 aliphatic carbocycles. The molecule has 32 heavy (non-hydrogen) atoms. The van der Waals surface area contributed by atoms with Crippen molar-refractivity contribution in [2.24, 2.45) is 0 Å². The van der Waals surface area contributed by atoms with Crippen molar-refractivity contribution in [1.82, 2.24) is 9.55 Å². The second-order valence-corrected chi connectivity index (χ2v) is 7.30. The molecule has 3 aromatic rings. The predicted octanol–water partition coefficient (Wildman–Crippen LogP) is 1.98. The summed E-state index contributed by atoms with van der Waals surface area (Å²) in [4.78, 5) is 40.5. The Kier molecular flexibility index (Phi) is 5.16. The summed E-state index contributed by atoms with van der Waals surface area (Å²) in [5.41, 5.74) is 0.299. The number of carbonyl (C=O) groups excluding carboxylic acids is 2. The molecule has 162 valence electrons. The molecule has 2 aliphatic rings. The van der Waals surface area contributed by atoms with E-state index in [0.29, 0.717) is 11.1 Å². The van der Waals surface area contributed by atoms with E-state index in [1.807, 2.05) is 0 Å². The fraction of sp³-hybridized carbons (Fsp3) is 0.217. The van der Waals surface area contributed by atoms with Crippen LogP contribution in [0.4, 0.5) is 0 Å². The highest BCUT2D eigenvalue weighted by atomic mass is 16.7. The minimum absolute atomic E-state index is 0.0768. The standard InChI is InChI=1S/C23H18N2O7/c26-17-11-12-25-20-19(32-23(25)24-17)18(31-22(28)15-9-5-2-6-10-15)16(30-20)13-29-21(27)14-7-3-1-4-8-14/h1-12,16,18-20H,13H2/t16-,18+,19+,20-/m1/s1. The zero-order valence-electron chi connectivity index (χ0n) is 16.7. The van der Waals surface area contributed by atoms with Crippen LogP contribution >= 0.6 is 0 Å². The fourth-order valence-corrected chi connectivity index (χ4v) is 3.71. The van der Waals surface area contributed by atoms with Gasteiger partial charge in [0.15, 0.2) is 18.4 Å². The maximum absolute atomic E-state index is 12.7. The van der Waals surface area contributed by atoms with Gasteiger partial charge in [0, 0.05) is 12.3 Å². The number of aromatic nitrogens is 2. The molecule has 0 radical (unpaired) electrons. The molecule has 0 spiro atoms. The molecule has 1 aromatic heterocycles. The van der Waals surface area contributed by atoms with Crippen LogP contribution in [0.5, 0.6) is 6.01 Å². The van der Waals surface area contributed by atoms with Gasteiger partial charge in [-0.1, -0.05) is 36.4 Å². The highest BCUT2D eigenvalue weighted by molar-refractivity contribution is 5.90. The lowest BCUT2D eigenvalue weighted by Crippen LogP contribution is -2.40. The van der Waals surface area contributed by atoms with E-state index < -0.39 is 42.0 Å². The third-order valence-electron chi connectivity index (χ3n) is 5.25. The molecule has 4 atom stereocenters. The van der Waals surface area contributed by atoms with E-state index in [-0.39, 0.29) is 12.6 Å². The first kappa shape index (κ1) is 20.0. The fourth-order valence-electron chi connectivity index (χ4n) is 3.71. The monoisotopic (exact) mass is 434 g/mol. The lowest BCUT2D eigenvalue weighted by atomic mass is 10.1. The third-order valence-corrected chi connectivity index (χ3v) is 5.25. The van der Waals surface area contributed by atoms with Crippen LogP contribution in [0.15, 0.2) is 77.7 Å². The average Bonchev–Trinajstić information content (AvgIpc) is 3.34. The number of fused-ring (bicyclic) bond motifs is 3. The van der Waals surface area contributed by atoms with Crippen molar-refractivity contribution in [2.75, 3.05) is 6.61 Å². The Morgan fingerprint density at radius 2 is 1.59 bits per heavy atom. The van der Waals surface area contributed by atoms with E-state index in [4.69, 9.17) is 18.9 Å². The van der Waals surface area contributed by atoms with Crippen molar-refractivity contribution in [1.29, 1.82) is 0 Å². The number of carbonyl (C=O) groups is 2. The largest absolute Gasteiger partial charge is 0.459 e. The molecule has 0 bridgehead atoms. The zero-order chi connectivity index (χ0) is 22.1. The molecular formula is C23H18N2O7. The lowest BCUT2D eigenvalue weighted by Gasteiger charge is -2.22. The number of hydrogen-bond acceptors (Lipinski definition) is 8. The highest BCUT2D eigenvalue weighted by Crippen LogP contribution is 2.40. The molecule has 0 unspecified atom stereocenters. The van der Waals surface area contributed by atoms with Gasteiger partial charge in [-0.3, -0.25) is 9.36 Å². The molecule has 2 aliphatic heterocycles. The van der Waals surface area contributed by atoms with Crippen molar-refractivity contribution < 1.29 is 28.5 Å². The quantitative estimate of drug-likeness (QED) is 0.562. The third kappa shape index (κ3) is 3.74. The summed E-state index contributed by atoms with van der Waals surface area (Å²) in [6, 6.07) is 18.4. The van der Waals surface area contributed by atoms with E-state index in [1.54, 1.807) is 65.2 Å². The first-order valence-electron chi connectivity index (χ1n) is 10.00. The first-order valence-corrected chi connectivity index (χ1v) is 10.00. The Morgan fingerprint density at radius 1 is 0.938 bits per heavy atom. The molecule has 3 heterocycles. The molecule has 2 aromatic carbocycles. The summed E-state index contributed by atoms with van der Waals surface area (Å²) in [7, 11) is 0. The van der Waals surface area contributed by atoms with Crippen molar-refractivity contribution in [3.8, 4) is 6.01 Å². The molecule has 1 saturated heterocycles. The van der Waals surface area contributed by atoms with Crippen LogP contribution in [0.1, 0.15) is 26.9 Å². The molecule has 1 fully saturated rings. The second kappa shape index (κ2) is 8.27. The van der Waals surface area contributed by atoms with Gasteiger partial charge in [-0.05, 0) is 24.3 Å². The van der Waals surface area contributed by atoms with Crippen molar-refractivity contribution in [3.05, 3.63) is 94.4 Å². The SMILES string of the molecule is O=C(OC[C@H]1O[C@@H]2[C@@H](Oc3nc(=O)ccn32)[C@H]1OC(=O)c1ccccc1)c1ccccc1. The number of ether oxygens (including phenoxy) is 4. The Hall–Kier alpha value is -3.98. The summed E-state index contributed by atoms with van der Waals surface area (Å²) < 4.78 is 24.5. The first-order chi connectivity index (χ1) is 15.6. The number of nitrogens with zero attached hydrogens (tertiary/aromatic N) is 2. The molecule has 5 rings (SSSR count). The number of benzene rings is 2. The Morgan fingerprint density at radius 3 is 2.28 bits per heavy atom. The minimum Gasteiger partial charge on any atom is -0.459 e. The van der Waals surface area contributed by atoms with Crippen LogP contribution in [-0.4, -0.2) is 46.4 Å². The van der Waals surface area contributed by atoms with Gasteiger partial charge >= 0.3 is 17.9 Å². The summed E-state index contributed by atoms with van der Waals surface area (Å²) in [6.07, 6.45) is -1.61. The van der Waals surface area contributed by atoms with Gasteiger partial charge in [0.1, 0.15) is 12.7 Å². The Labute approximate surface area is 182 Å². The molecule has 9 nitrogen and oxygen atoms in total. The molecule has 0 saturated carbocycles. The summed E-state index contributed by atoms with van der Waals surface area (Å²) in [5.74, 6) is -1.09. The van der Waals surface area contributed by atoms with Crippen LogP contribution in [0.3, 0.4) is 0 Å². The van der Waals surface area contributed by atoms with Gasteiger partial charge in [-0.2, -0.15) is 4.98 Å². The van der Waals surface area contributed by atoms with Crippen LogP contribution in [0.2, 0.25) is 0 Å². The maximum Gasteiger partial charge on any atom is 0.338 e. The van der Waals surface area contributed by atoms with Gasteiger partial charge in [-0.15, -0.1) is 0 Å². The topological polar surface area (TPSA) is 106 Å². The minimum atomic E-state index is -0.895. The van der Waals surface area contributed by atoms with E-state index in [0.717, 1.165) is 0 Å². The number of rotatable bonds is 5.